The van der Waals surface area contributed by atoms with Crippen LogP contribution in [0.5, 0.6) is 0 Å². The van der Waals surface area contributed by atoms with E-state index < -0.39 is 32.7 Å². The van der Waals surface area contributed by atoms with E-state index in [9.17, 15) is 17.6 Å². The lowest BCUT2D eigenvalue weighted by molar-refractivity contribution is -0.139. The van der Waals surface area contributed by atoms with E-state index in [0.29, 0.717) is 11.8 Å². The van der Waals surface area contributed by atoms with Crippen molar-refractivity contribution in [1.82, 2.24) is 4.72 Å². The lowest BCUT2D eigenvalue weighted by Gasteiger charge is -2.15. The fraction of sp³-hybridized carbons (Fsp3) is 0.267. The first-order valence-corrected chi connectivity index (χ1v) is 8.27. The molecule has 0 saturated heterocycles. The van der Waals surface area contributed by atoms with E-state index in [2.05, 4.69) is 0 Å². The second-order valence-electron chi connectivity index (χ2n) is 4.90. The molecule has 0 aliphatic rings. The summed E-state index contributed by atoms with van der Waals surface area (Å²) in [5, 5.41) is 9.78. The standard InChI is InChI=1S/C15H16FNO4S/c1-2-5-12(15(18)19)17-22(20,21)13-9-8-10-6-3-4-7-11(10)14(13)16/h3-4,6-9,12,17H,2,5H2,1H3,(H,18,19). The maximum Gasteiger partial charge on any atom is 0.321 e. The molecule has 0 heterocycles. The van der Waals surface area contributed by atoms with Crippen LogP contribution in [0.25, 0.3) is 10.8 Å². The van der Waals surface area contributed by atoms with Gasteiger partial charge in [-0.15, -0.1) is 0 Å². The molecule has 2 aromatic rings. The van der Waals surface area contributed by atoms with Crippen molar-refractivity contribution in [1.29, 1.82) is 0 Å². The average molecular weight is 325 g/mol. The number of nitrogens with one attached hydrogen (secondary N) is 1. The summed E-state index contributed by atoms with van der Waals surface area (Å²) in [7, 11) is -4.25. The largest absolute Gasteiger partial charge is 0.480 e. The molecule has 2 rings (SSSR count). The van der Waals surface area contributed by atoms with Crippen LogP contribution in [-0.4, -0.2) is 25.5 Å². The molecule has 0 saturated carbocycles. The summed E-state index contributed by atoms with van der Waals surface area (Å²) >= 11 is 0. The molecular formula is C15H16FNO4S. The number of hydrogen-bond acceptors (Lipinski definition) is 3. The van der Waals surface area contributed by atoms with Gasteiger partial charge in [0.1, 0.15) is 10.9 Å². The normalized spacial score (nSPS) is 13.2. The Labute approximate surface area is 127 Å². The van der Waals surface area contributed by atoms with Gasteiger partial charge in [0.05, 0.1) is 0 Å². The summed E-state index contributed by atoms with van der Waals surface area (Å²) < 4.78 is 41.0. The minimum atomic E-state index is -4.25. The zero-order chi connectivity index (χ0) is 16.3. The van der Waals surface area contributed by atoms with Crippen LogP contribution in [0.3, 0.4) is 0 Å². The van der Waals surface area contributed by atoms with Crippen LogP contribution >= 0.6 is 0 Å². The second kappa shape index (κ2) is 6.41. The van der Waals surface area contributed by atoms with Crippen LogP contribution in [0.1, 0.15) is 19.8 Å². The number of fused-ring (bicyclic) bond motifs is 1. The van der Waals surface area contributed by atoms with E-state index in [-0.39, 0.29) is 11.8 Å². The Morgan fingerprint density at radius 2 is 1.95 bits per heavy atom. The Morgan fingerprint density at radius 3 is 2.59 bits per heavy atom. The summed E-state index contributed by atoms with van der Waals surface area (Å²) in [4.78, 5) is 10.5. The van der Waals surface area contributed by atoms with Gasteiger partial charge >= 0.3 is 5.97 Å². The molecule has 5 nitrogen and oxygen atoms in total. The number of halogens is 1. The zero-order valence-electron chi connectivity index (χ0n) is 11.9. The third-order valence-corrected chi connectivity index (χ3v) is 4.78. The van der Waals surface area contributed by atoms with Crippen molar-refractivity contribution in [3.8, 4) is 0 Å². The lowest BCUT2D eigenvalue weighted by Crippen LogP contribution is -2.40. The van der Waals surface area contributed by atoms with Gasteiger partial charge in [-0.05, 0) is 17.9 Å². The van der Waals surface area contributed by atoms with Crippen molar-refractivity contribution < 1.29 is 22.7 Å². The Hall–Kier alpha value is -1.99. The molecule has 1 unspecified atom stereocenters. The van der Waals surface area contributed by atoms with Crippen molar-refractivity contribution in [2.24, 2.45) is 0 Å². The number of carboxylic acids is 1. The highest BCUT2D eigenvalue weighted by molar-refractivity contribution is 7.89. The first kappa shape index (κ1) is 16.4. The number of aliphatic carboxylic acids is 1. The second-order valence-corrected chi connectivity index (χ2v) is 6.58. The van der Waals surface area contributed by atoms with Gasteiger partial charge in [-0.25, -0.2) is 12.8 Å². The van der Waals surface area contributed by atoms with Crippen molar-refractivity contribution in [3.63, 3.8) is 0 Å². The highest BCUT2D eigenvalue weighted by atomic mass is 32.2. The number of carbonyl (C=O) groups is 1. The number of carboxylic acid groups (broad SMARTS) is 1. The fourth-order valence-corrected chi connectivity index (χ4v) is 3.51. The predicted octanol–water partition coefficient (Wildman–Crippen LogP) is 2.51. The average Bonchev–Trinajstić information content (AvgIpc) is 2.47. The van der Waals surface area contributed by atoms with Crippen LogP contribution < -0.4 is 4.72 Å². The van der Waals surface area contributed by atoms with Gasteiger partial charge in [-0.1, -0.05) is 43.7 Å². The van der Waals surface area contributed by atoms with E-state index in [0.717, 1.165) is 6.07 Å². The minimum absolute atomic E-state index is 0.129. The molecule has 0 aliphatic carbocycles. The SMILES string of the molecule is CCCC(NS(=O)(=O)c1ccc2ccccc2c1F)C(=O)O. The summed E-state index contributed by atoms with van der Waals surface area (Å²) in [5.74, 6) is -2.17. The number of hydrogen-bond donors (Lipinski definition) is 2. The first-order valence-electron chi connectivity index (χ1n) is 6.79. The van der Waals surface area contributed by atoms with Crippen LogP contribution in [0.4, 0.5) is 4.39 Å². The molecule has 0 bridgehead atoms. The highest BCUT2D eigenvalue weighted by Gasteiger charge is 2.27. The first-order chi connectivity index (χ1) is 10.4. The molecular weight excluding hydrogens is 309 g/mol. The van der Waals surface area contributed by atoms with Gasteiger partial charge in [0.15, 0.2) is 5.82 Å². The maximum atomic E-state index is 14.4. The summed E-state index contributed by atoms with van der Waals surface area (Å²) in [6, 6.07) is 7.82. The smallest absolute Gasteiger partial charge is 0.321 e. The molecule has 0 aromatic heterocycles. The Balaban J connectivity index is 2.45. The van der Waals surface area contributed by atoms with Gasteiger partial charge in [0, 0.05) is 5.39 Å². The molecule has 22 heavy (non-hydrogen) atoms. The van der Waals surface area contributed by atoms with E-state index in [4.69, 9.17) is 5.11 Å². The minimum Gasteiger partial charge on any atom is -0.480 e. The highest BCUT2D eigenvalue weighted by Crippen LogP contribution is 2.24. The van der Waals surface area contributed by atoms with Crippen LogP contribution in [0, 0.1) is 5.82 Å². The molecule has 0 aliphatic heterocycles. The van der Waals surface area contributed by atoms with E-state index in [1.807, 2.05) is 4.72 Å². The van der Waals surface area contributed by atoms with E-state index in [1.165, 1.54) is 12.1 Å². The fourth-order valence-electron chi connectivity index (χ4n) is 2.19. The van der Waals surface area contributed by atoms with Gasteiger partial charge in [0.2, 0.25) is 10.0 Å². The van der Waals surface area contributed by atoms with Crippen molar-refractivity contribution in [3.05, 3.63) is 42.2 Å². The zero-order valence-corrected chi connectivity index (χ0v) is 12.7. The number of benzene rings is 2. The maximum absolute atomic E-state index is 14.4. The van der Waals surface area contributed by atoms with Crippen LogP contribution in [0.15, 0.2) is 41.3 Å². The summed E-state index contributed by atoms with van der Waals surface area (Å²) in [5.41, 5.74) is 0. The van der Waals surface area contributed by atoms with Crippen molar-refractivity contribution in [2.75, 3.05) is 0 Å². The Morgan fingerprint density at radius 1 is 1.27 bits per heavy atom. The summed E-state index contributed by atoms with van der Waals surface area (Å²) in [6.07, 6.45) is 0.615. The van der Waals surface area contributed by atoms with E-state index >= 15 is 0 Å². The van der Waals surface area contributed by atoms with Crippen LogP contribution in [0.2, 0.25) is 0 Å². The Bertz CT molecular complexity index is 804. The third-order valence-electron chi connectivity index (χ3n) is 3.29. The van der Waals surface area contributed by atoms with Crippen molar-refractivity contribution in [2.45, 2.75) is 30.7 Å². The lowest BCUT2D eigenvalue weighted by atomic mass is 10.1. The van der Waals surface area contributed by atoms with Crippen LogP contribution in [-0.2, 0) is 14.8 Å². The molecule has 0 amide bonds. The van der Waals surface area contributed by atoms with Crippen molar-refractivity contribution >= 4 is 26.8 Å². The van der Waals surface area contributed by atoms with Gasteiger partial charge in [0.25, 0.3) is 0 Å². The monoisotopic (exact) mass is 325 g/mol. The molecule has 1 atom stereocenters. The molecule has 0 fully saturated rings. The molecule has 2 aromatic carbocycles. The molecule has 0 spiro atoms. The topological polar surface area (TPSA) is 83.5 Å². The van der Waals surface area contributed by atoms with Gasteiger partial charge in [-0.3, -0.25) is 4.79 Å². The molecule has 118 valence electrons. The molecule has 2 N–H and O–H groups in total. The Kier molecular flexibility index (Phi) is 4.77. The quantitative estimate of drug-likeness (QED) is 0.855. The van der Waals surface area contributed by atoms with Gasteiger partial charge in [-0.2, -0.15) is 4.72 Å². The van der Waals surface area contributed by atoms with Gasteiger partial charge < -0.3 is 5.11 Å². The number of sulfonamides is 1. The number of rotatable bonds is 6. The molecule has 0 radical (unpaired) electrons. The summed E-state index contributed by atoms with van der Waals surface area (Å²) in [6.45, 7) is 1.74. The predicted molar refractivity (Wildman–Crippen MR) is 80.6 cm³/mol. The third kappa shape index (κ3) is 3.26. The molecule has 7 heteroatoms. The van der Waals surface area contributed by atoms with E-state index in [1.54, 1.807) is 25.1 Å².